The summed E-state index contributed by atoms with van der Waals surface area (Å²) in [6, 6.07) is 2.00. The van der Waals surface area contributed by atoms with Crippen molar-refractivity contribution in [2.45, 2.75) is 18.9 Å². The van der Waals surface area contributed by atoms with Gasteiger partial charge in [0.1, 0.15) is 18.5 Å². The number of pyridine rings is 1. The number of aromatic amines is 1. The van der Waals surface area contributed by atoms with E-state index in [1.54, 1.807) is 6.07 Å². The van der Waals surface area contributed by atoms with Gasteiger partial charge in [-0.1, -0.05) is 0 Å². The highest BCUT2D eigenvalue weighted by Crippen LogP contribution is 2.33. The molecule has 3 aromatic heterocycles. The number of H-pyrrole nitrogens is 1. The van der Waals surface area contributed by atoms with Crippen molar-refractivity contribution in [1.82, 2.24) is 30.1 Å². The number of alkyl halides is 2. The molecular weight excluding hydrogens is 443 g/mol. The Labute approximate surface area is 186 Å². The number of aliphatic hydroxyl groups excluding tert-OH is 1. The molecule has 0 amide bonds. The van der Waals surface area contributed by atoms with Gasteiger partial charge in [0.25, 0.3) is 5.92 Å². The minimum Gasteiger partial charge on any atom is -0.390 e. The van der Waals surface area contributed by atoms with Gasteiger partial charge in [-0.3, -0.25) is 10.1 Å². The van der Waals surface area contributed by atoms with E-state index in [0.717, 1.165) is 24.0 Å². The van der Waals surface area contributed by atoms with Crippen LogP contribution in [0.5, 0.6) is 0 Å². The number of ether oxygens (including phenoxy) is 1. The summed E-state index contributed by atoms with van der Waals surface area (Å²) in [5, 5.41) is 21.6. The number of hydrogen-bond donors (Lipinski definition) is 4. The predicted octanol–water partition coefficient (Wildman–Crippen LogP) is 1.80. The number of nitrogens with zero attached hydrogens (tertiary/aromatic N) is 6. The summed E-state index contributed by atoms with van der Waals surface area (Å²) in [4.78, 5) is 18.4. The largest absolute Gasteiger partial charge is 0.390 e. The van der Waals surface area contributed by atoms with E-state index < -0.39 is 24.4 Å². The van der Waals surface area contributed by atoms with Gasteiger partial charge < -0.3 is 25.4 Å². The highest BCUT2D eigenvalue weighted by molar-refractivity contribution is 5.53. The number of rotatable bonds is 8. The lowest BCUT2D eigenvalue weighted by atomic mass is 10.1. The van der Waals surface area contributed by atoms with Crippen LogP contribution >= 0.6 is 0 Å². The summed E-state index contributed by atoms with van der Waals surface area (Å²) >= 11 is 0. The van der Waals surface area contributed by atoms with E-state index in [1.807, 2.05) is 11.8 Å². The topological polar surface area (TPSA) is 137 Å². The first-order valence-corrected chi connectivity index (χ1v) is 10.1. The van der Waals surface area contributed by atoms with Crippen molar-refractivity contribution in [3.8, 4) is 0 Å². The van der Waals surface area contributed by atoms with Gasteiger partial charge in [0.15, 0.2) is 5.82 Å². The predicted molar refractivity (Wildman–Crippen MR) is 112 cm³/mol. The Bertz CT molecular complexity index is 1070. The van der Waals surface area contributed by atoms with Crippen molar-refractivity contribution in [1.29, 1.82) is 0 Å². The molecule has 3 aromatic rings. The second kappa shape index (κ2) is 9.54. The average Bonchev–Trinajstić information content (AvgIpc) is 3.23. The van der Waals surface area contributed by atoms with Gasteiger partial charge in [-0.25, -0.2) is 13.2 Å². The second-order valence-electron chi connectivity index (χ2n) is 7.34. The first-order chi connectivity index (χ1) is 15.8. The molecule has 0 saturated carbocycles. The molecule has 1 fully saturated rings. The Morgan fingerprint density at radius 3 is 2.61 bits per heavy atom. The molecule has 11 nitrogen and oxygen atoms in total. The molecule has 1 aliphatic rings. The maximum absolute atomic E-state index is 14.6. The zero-order chi connectivity index (χ0) is 23.4. The molecule has 1 unspecified atom stereocenters. The number of nitrogens with one attached hydrogen (secondary N) is 3. The van der Waals surface area contributed by atoms with Gasteiger partial charge in [0.05, 0.1) is 25.1 Å². The quantitative estimate of drug-likeness (QED) is 0.390. The molecule has 0 spiro atoms. The number of halogens is 3. The Hall–Kier alpha value is -3.52. The van der Waals surface area contributed by atoms with Crippen molar-refractivity contribution in [2.24, 2.45) is 0 Å². The number of morpholine rings is 1. The van der Waals surface area contributed by atoms with Crippen molar-refractivity contribution in [3.63, 3.8) is 0 Å². The molecular formula is C19H22F3N9O2. The van der Waals surface area contributed by atoms with Crippen LogP contribution in [0.1, 0.15) is 17.4 Å². The van der Waals surface area contributed by atoms with Crippen LogP contribution in [0, 0.1) is 12.7 Å². The van der Waals surface area contributed by atoms with E-state index in [0.29, 0.717) is 32.1 Å². The molecule has 33 heavy (non-hydrogen) atoms. The summed E-state index contributed by atoms with van der Waals surface area (Å²) in [6.07, 6.45) is 0.816. The molecule has 0 aliphatic carbocycles. The zero-order valence-electron chi connectivity index (χ0n) is 17.6. The van der Waals surface area contributed by atoms with Crippen LogP contribution in [0.2, 0.25) is 0 Å². The van der Waals surface area contributed by atoms with Gasteiger partial charge in [0.2, 0.25) is 17.8 Å². The van der Waals surface area contributed by atoms with Crippen LogP contribution < -0.4 is 15.5 Å². The second-order valence-corrected chi connectivity index (χ2v) is 7.34. The van der Waals surface area contributed by atoms with Crippen LogP contribution in [0.4, 0.5) is 36.8 Å². The standard InChI is InChI=1S/C19H22F3N9O2/c1-11-8-14(30-29-11)24-16-26-17(28-18(27-16)31-4-6-33-7-5-31)25-15(19(21,22)10-32)13-3-2-12(20)9-23-13/h2-3,8-9,15,32H,4-7,10H2,1H3,(H3,24,25,26,27,28,29,30). The zero-order valence-corrected chi connectivity index (χ0v) is 17.6. The third-order valence-corrected chi connectivity index (χ3v) is 4.82. The summed E-state index contributed by atoms with van der Waals surface area (Å²) in [5.41, 5.74) is 0.601. The van der Waals surface area contributed by atoms with E-state index in [2.05, 4.69) is 40.8 Å². The average molecular weight is 465 g/mol. The van der Waals surface area contributed by atoms with Crippen LogP contribution in [0.15, 0.2) is 24.4 Å². The molecule has 0 aromatic carbocycles. The first-order valence-electron chi connectivity index (χ1n) is 10.1. The van der Waals surface area contributed by atoms with Crippen LogP contribution in [-0.4, -0.2) is 74.1 Å². The maximum Gasteiger partial charge on any atom is 0.296 e. The number of aryl methyl sites for hydroxylation is 1. The van der Waals surface area contributed by atoms with Crippen molar-refractivity contribution in [2.75, 3.05) is 48.4 Å². The number of anilines is 4. The van der Waals surface area contributed by atoms with Gasteiger partial charge in [-0.15, -0.1) is 0 Å². The summed E-state index contributed by atoms with van der Waals surface area (Å²) in [5.74, 6) is -3.79. The Morgan fingerprint density at radius 2 is 1.97 bits per heavy atom. The fourth-order valence-electron chi connectivity index (χ4n) is 3.16. The Morgan fingerprint density at radius 1 is 1.21 bits per heavy atom. The summed E-state index contributed by atoms with van der Waals surface area (Å²) in [7, 11) is 0. The van der Waals surface area contributed by atoms with Gasteiger partial charge in [0, 0.05) is 24.8 Å². The number of hydrogen-bond acceptors (Lipinski definition) is 10. The lowest BCUT2D eigenvalue weighted by molar-refractivity contribution is -0.0668. The van der Waals surface area contributed by atoms with E-state index >= 15 is 0 Å². The van der Waals surface area contributed by atoms with Crippen LogP contribution in [-0.2, 0) is 4.74 Å². The SMILES string of the molecule is Cc1cc(Nc2nc(NC(c3ccc(F)cn3)C(F)(F)CO)nc(N3CCOCC3)n2)n[nH]1. The molecule has 4 N–H and O–H groups in total. The van der Waals surface area contributed by atoms with E-state index in [4.69, 9.17) is 4.74 Å². The highest BCUT2D eigenvalue weighted by Gasteiger charge is 2.42. The lowest BCUT2D eigenvalue weighted by Crippen LogP contribution is -2.38. The first kappa shape index (κ1) is 22.7. The third kappa shape index (κ3) is 5.46. The molecule has 14 heteroatoms. The molecule has 0 bridgehead atoms. The smallest absolute Gasteiger partial charge is 0.296 e. The fourth-order valence-corrected chi connectivity index (χ4v) is 3.16. The molecule has 1 saturated heterocycles. The molecule has 4 heterocycles. The van der Waals surface area contributed by atoms with Gasteiger partial charge >= 0.3 is 0 Å². The van der Waals surface area contributed by atoms with Gasteiger partial charge in [-0.05, 0) is 19.1 Å². The van der Waals surface area contributed by atoms with Crippen molar-refractivity contribution >= 4 is 23.7 Å². The minimum atomic E-state index is -3.65. The van der Waals surface area contributed by atoms with E-state index in [-0.39, 0.29) is 23.5 Å². The Kier molecular flexibility index (Phi) is 6.55. The number of aliphatic hydroxyl groups is 1. The number of aromatic nitrogens is 6. The fraction of sp³-hybridized carbons (Fsp3) is 0.421. The van der Waals surface area contributed by atoms with E-state index in [9.17, 15) is 18.3 Å². The summed E-state index contributed by atoms with van der Waals surface area (Å²) in [6.45, 7) is 2.26. The minimum absolute atomic E-state index is 0.0682. The normalized spacial score (nSPS) is 15.4. The van der Waals surface area contributed by atoms with Crippen molar-refractivity contribution in [3.05, 3.63) is 41.6 Å². The monoisotopic (exact) mass is 465 g/mol. The maximum atomic E-state index is 14.6. The van der Waals surface area contributed by atoms with E-state index in [1.165, 1.54) is 0 Å². The Balaban J connectivity index is 1.69. The van der Waals surface area contributed by atoms with Crippen LogP contribution in [0.3, 0.4) is 0 Å². The lowest BCUT2D eigenvalue weighted by Gasteiger charge is -2.28. The van der Waals surface area contributed by atoms with Crippen molar-refractivity contribution < 1.29 is 23.0 Å². The molecule has 176 valence electrons. The van der Waals surface area contributed by atoms with Crippen LogP contribution in [0.25, 0.3) is 0 Å². The molecule has 0 radical (unpaired) electrons. The van der Waals surface area contributed by atoms with Gasteiger partial charge in [-0.2, -0.15) is 20.1 Å². The molecule has 4 rings (SSSR count). The summed E-state index contributed by atoms with van der Waals surface area (Å²) < 4.78 is 47.9. The molecule has 1 atom stereocenters. The molecule has 1 aliphatic heterocycles. The highest BCUT2D eigenvalue weighted by atomic mass is 19.3. The third-order valence-electron chi connectivity index (χ3n) is 4.82.